The highest BCUT2D eigenvalue weighted by atomic mass is 35.5. The van der Waals surface area contributed by atoms with Crippen LogP contribution in [0.5, 0.6) is 0 Å². The first-order chi connectivity index (χ1) is 10.2. The second-order valence-corrected chi connectivity index (χ2v) is 4.58. The van der Waals surface area contributed by atoms with Gasteiger partial charge in [0.15, 0.2) is 0 Å². The van der Waals surface area contributed by atoms with Gasteiger partial charge in [0.2, 0.25) is 0 Å². The molecule has 0 saturated heterocycles. The molecule has 0 aliphatic carbocycles. The Kier molecular flexibility index (Phi) is 5.33. The lowest BCUT2D eigenvalue weighted by molar-refractivity contribution is 0.102. The van der Waals surface area contributed by atoms with E-state index in [4.69, 9.17) is 16.7 Å². The van der Waals surface area contributed by atoms with Gasteiger partial charge in [-0.15, -0.1) is 0 Å². The lowest BCUT2D eigenvalue weighted by Crippen LogP contribution is -2.12. The molecule has 1 aromatic carbocycles. The van der Waals surface area contributed by atoms with Crippen LogP contribution in [0.25, 0.3) is 0 Å². The highest BCUT2D eigenvalue weighted by Gasteiger charge is 2.08. The average molecular weight is 301 g/mol. The number of aliphatic hydroxyl groups excluding tert-OH is 1. The zero-order valence-electron chi connectivity index (χ0n) is 11.1. The molecule has 2 rings (SSSR count). The number of para-hydroxylation sites is 1. The molecule has 2 aromatic rings. The third-order valence-electron chi connectivity index (χ3n) is 2.59. The Morgan fingerprint density at radius 2 is 2.14 bits per heavy atom. The number of benzene rings is 1. The Morgan fingerprint density at radius 3 is 2.90 bits per heavy atom. The molecule has 0 fully saturated rings. The first-order valence-electron chi connectivity index (χ1n) is 6.31. The average Bonchev–Trinajstić information content (AvgIpc) is 2.50. The predicted octanol–water partition coefficient (Wildman–Crippen LogP) is 2.72. The number of halogens is 1. The maximum absolute atomic E-state index is 12.2. The van der Waals surface area contributed by atoms with Gasteiger partial charge in [-0.05, 0) is 18.2 Å². The van der Waals surface area contributed by atoms with Gasteiger partial charge in [-0.25, -0.2) is 0 Å². The van der Waals surface area contributed by atoms with Crippen molar-refractivity contribution in [3.05, 3.63) is 58.9 Å². The van der Waals surface area contributed by atoms with E-state index in [1.54, 1.807) is 36.5 Å². The van der Waals surface area contributed by atoms with E-state index in [2.05, 4.69) is 22.1 Å². The number of carbonyl (C=O) groups excluding carboxylic acids is 1. The maximum atomic E-state index is 12.2. The number of aromatic nitrogens is 1. The summed E-state index contributed by atoms with van der Waals surface area (Å²) in [6.45, 7) is 0.00706. The fourth-order valence-corrected chi connectivity index (χ4v) is 1.79. The molecule has 1 aromatic heterocycles. The van der Waals surface area contributed by atoms with Gasteiger partial charge < -0.3 is 10.4 Å². The Balaban J connectivity index is 2.15. The van der Waals surface area contributed by atoms with Crippen LogP contribution in [0.1, 0.15) is 22.3 Å². The highest BCUT2D eigenvalue weighted by Crippen LogP contribution is 2.21. The quantitative estimate of drug-likeness (QED) is 0.857. The smallest absolute Gasteiger partial charge is 0.257 e. The highest BCUT2D eigenvalue weighted by molar-refractivity contribution is 6.33. The lowest BCUT2D eigenvalue weighted by atomic mass is 10.2. The summed E-state index contributed by atoms with van der Waals surface area (Å²) in [5.74, 6) is 5.32. The topological polar surface area (TPSA) is 62.2 Å². The molecule has 2 N–H and O–H groups in total. The Morgan fingerprint density at radius 1 is 1.33 bits per heavy atom. The minimum absolute atomic E-state index is 0.00706. The molecule has 4 nitrogen and oxygen atoms in total. The van der Waals surface area contributed by atoms with E-state index in [9.17, 15) is 4.79 Å². The molecule has 21 heavy (non-hydrogen) atoms. The van der Waals surface area contributed by atoms with Gasteiger partial charge in [-0.3, -0.25) is 9.78 Å². The monoisotopic (exact) mass is 300 g/mol. The molecule has 5 heteroatoms. The number of rotatable bonds is 3. The summed E-state index contributed by atoms with van der Waals surface area (Å²) in [5.41, 5.74) is 1.56. The molecule has 0 unspecified atom stereocenters. The Hall–Kier alpha value is -2.35. The van der Waals surface area contributed by atoms with Crippen molar-refractivity contribution >= 4 is 23.2 Å². The Labute approximate surface area is 127 Å². The van der Waals surface area contributed by atoms with Crippen LogP contribution in [0.3, 0.4) is 0 Å². The van der Waals surface area contributed by atoms with E-state index in [-0.39, 0.29) is 12.5 Å². The second kappa shape index (κ2) is 7.44. The summed E-state index contributed by atoms with van der Waals surface area (Å²) < 4.78 is 0. The normalized spacial score (nSPS) is 9.62. The van der Waals surface area contributed by atoms with Crippen LogP contribution in [-0.2, 0) is 0 Å². The summed E-state index contributed by atoms with van der Waals surface area (Å²) in [6.07, 6.45) is 3.41. The van der Waals surface area contributed by atoms with Crippen molar-refractivity contribution in [2.75, 3.05) is 11.9 Å². The number of pyridine rings is 1. The van der Waals surface area contributed by atoms with Crippen LogP contribution in [0.15, 0.2) is 42.7 Å². The van der Waals surface area contributed by atoms with Gasteiger partial charge in [0.05, 0.1) is 22.9 Å². The van der Waals surface area contributed by atoms with E-state index in [1.807, 2.05) is 0 Å². The number of nitrogens with one attached hydrogen (secondary N) is 1. The number of amides is 1. The molecule has 0 aliphatic rings. The molecular formula is C16H13ClN2O2. The molecule has 0 spiro atoms. The number of aliphatic hydroxyl groups is 1. The van der Waals surface area contributed by atoms with Crippen molar-refractivity contribution in [1.29, 1.82) is 0 Å². The molecule has 1 heterocycles. The van der Waals surface area contributed by atoms with Gasteiger partial charge >= 0.3 is 0 Å². The van der Waals surface area contributed by atoms with E-state index in [0.29, 0.717) is 28.3 Å². The SMILES string of the molecule is O=C(Nc1ccccc1Cl)c1cncc(C#CCCO)c1. The summed E-state index contributed by atoms with van der Waals surface area (Å²) >= 11 is 6.00. The third kappa shape index (κ3) is 4.32. The lowest BCUT2D eigenvalue weighted by Gasteiger charge is -2.06. The minimum atomic E-state index is -0.304. The molecule has 0 aliphatic heterocycles. The minimum Gasteiger partial charge on any atom is -0.395 e. The van der Waals surface area contributed by atoms with Crippen LogP contribution in [-0.4, -0.2) is 22.6 Å². The molecular weight excluding hydrogens is 288 g/mol. The first kappa shape index (κ1) is 15.0. The van der Waals surface area contributed by atoms with Gasteiger partial charge in [-0.2, -0.15) is 0 Å². The summed E-state index contributed by atoms with van der Waals surface area (Å²) in [4.78, 5) is 16.1. The molecule has 0 radical (unpaired) electrons. The van der Waals surface area contributed by atoms with Crippen LogP contribution in [0, 0.1) is 11.8 Å². The Bertz CT molecular complexity index is 705. The summed E-state index contributed by atoms with van der Waals surface area (Å²) in [7, 11) is 0. The largest absolute Gasteiger partial charge is 0.395 e. The number of hydrogen-bond donors (Lipinski definition) is 2. The number of carbonyl (C=O) groups is 1. The second-order valence-electron chi connectivity index (χ2n) is 4.17. The molecule has 106 valence electrons. The third-order valence-corrected chi connectivity index (χ3v) is 2.92. The van der Waals surface area contributed by atoms with E-state index < -0.39 is 0 Å². The fraction of sp³-hybridized carbons (Fsp3) is 0.125. The first-order valence-corrected chi connectivity index (χ1v) is 6.69. The zero-order chi connectivity index (χ0) is 15.1. The molecule has 0 bridgehead atoms. The summed E-state index contributed by atoms with van der Waals surface area (Å²) in [6, 6.07) is 8.64. The molecule has 0 saturated carbocycles. The van der Waals surface area contributed by atoms with Gasteiger partial charge in [0.25, 0.3) is 5.91 Å². The van der Waals surface area contributed by atoms with Crippen molar-refractivity contribution in [1.82, 2.24) is 4.98 Å². The zero-order valence-corrected chi connectivity index (χ0v) is 11.9. The van der Waals surface area contributed by atoms with Gasteiger partial charge in [0, 0.05) is 24.4 Å². The van der Waals surface area contributed by atoms with Crippen molar-refractivity contribution in [3.8, 4) is 11.8 Å². The van der Waals surface area contributed by atoms with Crippen LogP contribution >= 0.6 is 11.6 Å². The number of anilines is 1. The van der Waals surface area contributed by atoms with Crippen LogP contribution in [0.4, 0.5) is 5.69 Å². The fourth-order valence-electron chi connectivity index (χ4n) is 1.61. The van der Waals surface area contributed by atoms with Crippen molar-refractivity contribution in [2.45, 2.75) is 6.42 Å². The molecule has 1 amide bonds. The predicted molar refractivity (Wildman–Crippen MR) is 82.2 cm³/mol. The van der Waals surface area contributed by atoms with Crippen molar-refractivity contribution in [2.24, 2.45) is 0 Å². The van der Waals surface area contributed by atoms with Crippen molar-refractivity contribution in [3.63, 3.8) is 0 Å². The van der Waals surface area contributed by atoms with E-state index >= 15 is 0 Å². The maximum Gasteiger partial charge on any atom is 0.257 e. The van der Waals surface area contributed by atoms with Gasteiger partial charge in [0.1, 0.15) is 0 Å². The standard InChI is InChI=1S/C16H13ClN2O2/c17-14-6-1-2-7-15(14)19-16(21)13-9-12(10-18-11-13)5-3-4-8-20/h1-2,6-7,9-11,20H,4,8H2,(H,19,21). The van der Waals surface area contributed by atoms with E-state index in [0.717, 1.165) is 0 Å². The summed E-state index contributed by atoms with van der Waals surface area (Å²) in [5, 5.41) is 11.9. The van der Waals surface area contributed by atoms with E-state index in [1.165, 1.54) is 6.20 Å². The number of nitrogens with zero attached hydrogens (tertiary/aromatic N) is 1. The van der Waals surface area contributed by atoms with Gasteiger partial charge in [-0.1, -0.05) is 35.6 Å². The number of hydrogen-bond acceptors (Lipinski definition) is 3. The molecule has 0 atom stereocenters. The van der Waals surface area contributed by atoms with Crippen LogP contribution in [0.2, 0.25) is 5.02 Å². The van der Waals surface area contributed by atoms with Crippen LogP contribution < -0.4 is 5.32 Å². The van der Waals surface area contributed by atoms with Crippen molar-refractivity contribution < 1.29 is 9.90 Å².